The van der Waals surface area contributed by atoms with Gasteiger partial charge in [-0.1, -0.05) is 30.3 Å². The monoisotopic (exact) mass is 388 g/mol. The van der Waals surface area contributed by atoms with Crippen LogP contribution in [0.1, 0.15) is 41.6 Å². The lowest BCUT2D eigenvalue weighted by Gasteiger charge is -2.19. The highest BCUT2D eigenvalue weighted by atomic mass is 16.2. The fourth-order valence-corrected chi connectivity index (χ4v) is 2.95. The van der Waals surface area contributed by atoms with Gasteiger partial charge in [0.1, 0.15) is 11.5 Å². The second-order valence-corrected chi connectivity index (χ2v) is 6.56. The van der Waals surface area contributed by atoms with Gasteiger partial charge in [0.05, 0.1) is 0 Å². The molecular formula is C23H24N4O2. The van der Waals surface area contributed by atoms with Crippen molar-refractivity contribution in [3.05, 3.63) is 71.9 Å². The number of nitrogens with zero attached hydrogens (tertiary/aromatic N) is 3. The molecule has 0 aliphatic carbocycles. The van der Waals surface area contributed by atoms with E-state index in [9.17, 15) is 9.59 Å². The molecule has 1 amide bonds. The quantitative estimate of drug-likeness (QED) is 0.600. The van der Waals surface area contributed by atoms with Crippen LogP contribution in [0.15, 0.2) is 60.7 Å². The number of ketones is 1. The summed E-state index contributed by atoms with van der Waals surface area (Å²) in [6.45, 7) is 6.63. The van der Waals surface area contributed by atoms with Crippen molar-refractivity contribution in [2.24, 2.45) is 0 Å². The summed E-state index contributed by atoms with van der Waals surface area (Å²) in [7, 11) is 0. The van der Waals surface area contributed by atoms with E-state index >= 15 is 0 Å². The van der Waals surface area contributed by atoms with Crippen molar-refractivity contribution in [2.45, 2.75) is 20.8 Å². The normalized spacial score (nSPS) is 10.4. The molecule has 6 nitrogen and oxygen atoms in total. The molecule has 3 aromatic rings. The summed E-state index contributed by atoms with van der Waals surface area (Å²) in [5, 5.41) is 3.22. The van der Waals surface area contributed by atoms with Crippen LogP contribution in [-0.2, 0) is 0 Å². The number of hydrogen-bond donors (Lipinski definition) is 1. The molecule has 0 aliphatic heterocycles. The van der Waals surface area contributed by atoms with Crippen molar-refractivity contribution < 1.29 is 9.59 Å². The van der Waals surface area contributed by atoms with E-state index < -0.39 is 0 Å². The third-order valence-electron chi connectivity index (χ3n) is 4.59. The summed E-state index contributed by atoms with van der Waals surface area (Å²) in [6.07, 6.45) is 0. The lowest BCUT2D eigenvalue weighted by atomic mass is 10.1. The second-order valence-electron chi connectivity index (χ2n) is 6.56. The third-order valence-corrected chi connectivity index (χ3v) is 4.59. The summed E-state index contributed by atoms with van der Waals surface area (Å²) >= 11 is 0. The zero-order chi connectivity index (χ0) is 20.8. The van der Waals surface area contributed by atoms with E-state index in [1.54, 1.807) is 23.1 Å². The number of nitrogens with one attached hydrogen (secondary N) is 1. The van der Waals surface area contributed by atoms with Gasteiger partial charge in [0.15, 0.2) is 11.6 Å². The molecule has 0 saturated carbocycles. The first-order valence-electron chi connectivity index (χ1n) is 9.63. The van der Waals surface area contributed by atoms with Gasteiger partial charge in [-0.2, -0.15) is 0 Å². The Morgan fingerprint density at radius 3 is 2.17 bits per heavy atom. The molecule has 0 aliphatic rings. The molecule has 0 unspecified atom stereocenters. The maximum Gasteiger partial charge on any atom is 0.272 e. The van der Waals surface area contributed by atoms with Gasteiger partial charge in [0.25, 0.3) is 5.91 Å². The summed E-state index contributed by atoms with van der Waals surface area (Å²) in [4.78, 5) is 35.2. The highest BCUT2D eigenvalue weighted by Gasteiger charge is 2.17. The van der Waals surface area contributed by atoms with Gasteiger partial charge in [0, 0.05) is 36.0 Å². The van der Waals surface area contributed by atoms with Crippen LogP contribution in [0.3, 0.4) is 0 Å². The Balaban J connectivity index is 2.00. The molecule has 29 heavy (non-hydrogen) atoms. The Morgan fingerprint density at radius 2 is 1.59 bits per heavy atom. The van der Waals surface area contributed by atoms with Crippen LogP contribution < -0.4 is 5.32 Å². The molecule has 0 bridgehead atoms. The Hall–Kier alpha value is -3.54. The smallest absolute Gasteiger partial charge is 0.272 e. The molecule has 0 radical (unpaired) electrons. The summed E-state index contributed by atoms with van der Waals surface area (Å²) < 4.78 is 0. The molecule has 0 saturated heterocycles. The van der Waals surface area contributed by atoms with Crippen molar-refractivity contribution in [3.8, 4) is 11.4 Å². The van der Waals surface area contributed by atoms with Gasteiger partial charge >= 0.3 is 0 Å². The molecule has 3 rings (SSSR count). The Labute approximate surface area is 170 Å². The van der Waals surface area contributed by atoms with Crippen molar-refractivity contribution in [3.63, 3.8) is 0 Å². The van der Waals surface area contributed by atoms with E-state index in [1.165, 1.54) is 6.92 Å². The maximum atomic E-state index is 12.9. The van der Waals surface area contributed by atoms with Gasteiger partial charge < -0.3 is 10.2 Å². The number of rotatable bonds is 7. The first-order valence-corrected chi connectivity index (χ1v) is 9.63. The molecule has 0 fully saturated rings. The molecule has 0 spiro atoms. The number of Topliss-reactive ketones (excluding diaryl/α,β-unsaturated/α-hetero) is 1. The number of hydrogen-bond acceptors (Lipinski definition) is 5. The number of aromatic nitrogens is 2. The zero-order valence-electron chi connectivity index (χ0n) is 16.8. The Morgan fingerprint density at radius 1 is 0.931 bits per heavy atom. The molecule has 1 aromatic heterocycles. The van der Waals surface area contributed by atoms with Gasteiger partial charge in [-0.3, -0.25) is 9.59 Å². The molecule has 1 heterocycles. The van der Waals surface area contributed by atoms with Gasteiger partial charge in [-0.05, 0) is 45.0 Å². The molecule has 6 heteroatoms. The topological polar surface area (TPSA) is 75.2 Å². The van der Waals surface area contributed by atoms with Crippen LogP contribution in [0.25, 0.3) is 11.4 Å². The average molecular weight is 388 g/mol. The highest BCUT2D eigenvalue weighted by molar-refractivity contribution is 5.95. The summed E-state index contributed by atoms with van der Waals surface area (Å²) in [5.74, 6) is 0.873. The number of benzene rings is 2. The minimum Gasteiger partial charge on any atom is -0.340 e. The van der Waals surface area contributed by atoms with E-state index in [1.807, 2.05) is 56.3 Å². The van der Waals surface area contributed by atoms with E-state index in [4.69, 9.17) is 0 Å². The fourth-order valence-electron chi connectivity index (χ4n) is 2.95. The fraction of sp³-hybridized carbons (Fsp3) is 0.217. The minimum absolute atomic E-state index is 0.0112. The van der Waals surface area contributed by atoms with Crippen LogP contribution in [0.4, 0.5) is 11.5 Å². The van der Waals surface area contributed by atoms with Crippen LogP contribution in [0.2, 0.25) is 0 Å². The van der Waals surface area contributed by atoms with Crippen LogP contribution in [0, 0.1) is 0 Å². The predicted octanol–water partition coefficient (Wildman–Crippen LogP) is 4.57. The van der Waals surface area contributed by atoms with Gasteiger partial charge in [-0.15, -0.1) is 0 Å². The number of anilines is 2. The Kier molecular flexibility index (Phi) is 6.34. The number of amides is 1. The summed E-state index contributed by atoms with van der Waals surface area (Å²) in [6, 6.07) is 18.4. The second kappa shape index (κ2) is 9.10. The van der Waals surface area contributed by atoms with E-state index in [0.717, 1.165) is 11.3 Å². The first kappa shape index (κ1) is 20.2. The van der Waals surface area contributed by atoms with Crippen molar-refractivity contribution in [1.82, 2.24) is 14.9 Å². The average Bonchev–Trinajstić information content (AvgIpc) is 2.75. The van der Waals surface area contributed by atoms with E-state index in [0.29, 0.717) is 36.0 Å². The summed E-state index contributed by atoms with van der Waals surface area (Å²) in [5.41, 5.74) is 2.58. The zero-order valence-corrected chi connectivity index (χ0v) is 16.8. The molecular weight excluding hydrogens is 364 g/mol. The minimum atomic E-state index is -0.135. The lowest BCUT2D eigenvalue weighted by molar-refractivity contribution is 0.0767. The van der Waals surface area contributed by atoms with Crippen LogP contribution in [0.5, 0.6) is 0 Å². The van der Waals surface area contributed by atoms with Crippen molar-refractivity contribution in [2.75, 3.05) is 18.4 Å². The molecule has 1 N–H and O–H groups in total. The van der Waals surface area contributed by atoms with Gasteiger partial charge in [-0.25, -0.2) is 9.97 Å². The van der Waals surface area contributed by atoms with Gasteiger partial charge in [0.2, 0.25) is 0 Å². The molecule has 2 aromatic carbocycles. The third kappa shape index (κ3) is 4.85. The van der Waals surface area contributed by atoms with Crippen LogP contribution in [-0.4, -0.2) is 39.6 Å². The first-order chi connectivity index (χ1) is 14.0. The predicted molar refractivity (Wildman–Crippen MR) is 114 cm³/mol. The lowest BCUT2D eigenvalue weighted by Crippen LogP contribution is -2.31. The number of carbonyl (C=O) groups excluding carboxylic acids is 2. The number of carbonyl (C=O) groups is 2. The van der Waals surface area contributed by atoms with E-state index in [-0.39, 0.29) is 11.7 Å². The Bertz CT molecular complexity index is 997. The SMILES string of the molecule is CCN(CC)C(=O)c1cc(Nc2ccc(C(C)=O)cc2)nc(-c2ccccc2)n1. The van der Waals surface area contributed by atoms with Crippen LogP contribution >= 0.6 is 0 Å². The van der Waals surface area contributed by atoms with Crippen molar-refractivity contribution >= 4 is 23.2 Å². The van der Waals surface area contributed by atoms with Crippen molar-refractivity contribution in [1.29, 1.82) is 0 Å². The maximum absolute atomic E-state index is 12.9. The standard InChI is InChI=1S/C23H24N4O2/c1-4-27(5-2)23(29)20-15-21(24-19-13-11-17(12-14-19)16(3)28)26-22(25-20)18-9-7-6-8-10-18/h6-15H,4-5H2,1-3H3,(H,24,25,26). The highest BCUT2D eigenvalue weighted by Crippen LogP contribution is 2.22. The van der Waals surface area contributed by atoms with E-state index in [2.05, 4.69) is 15.3 Å². The molecule has 148 valence electrons. The largest absolute Gasteiger partial charge is 0.340 e. The molecule has 0 atom stereocenters.